The quantitative estimate of drug-likeness (QED) is 0.644. The molecule has 68 valence electrons. The molecule has 0 spiro atoms. The minimum absolute atomic E-state index is 0. The van der Waals surface area contributed by atoms with E-state index in [1.807, 2.05) is 0 Å². The van der Waals surface area contributed by atoms with Crippen LogP contribution in [-0.2, 0) is 7.05 Å². The molecular formula is C6H11ClN4O. The number of aromatic nitrogens is 2. The van der Waals surface area contributed by atoms with Gasteiger partial charge in [0.1, 0.15) is 11.5 Å². The van der Waals surface area contributed by atoms with Gasteiger partial charge < -0.3 is 11.1 Å². The molecule has 0 bridgehead atoms. The zero-order chi connectivity index (χ0) is 8.43. The largest absolute Gasteiger partial charge is 0.382 e. The van der Waals surface area contributed by atoms with Gasteiger partial charge in [0.05, 0.1) is 0 Å². The summed E-state index contributed by atoms with van der Waals surface area (Å²) < 4.78 is 1.44. The van der Waals surface area contributed by atoms with Crippen molar-refractivity contribution in [2.75, 3.05) is 12.8 Å². The number of nitrogen functional groups attached to an aromatic ring is 1. The molecule has 1 aromatic heterocycles. The number of rotatable bonds is 1. The molecule has 5 nitrogen and oxygen atoms in total. The van der Waals surface area contributed by atoms with Crippen molar-refractivity contribution in [1.82, 2.24) is 15.1 Å². The van der Waals surface area contributed by atoms with Gasteiger partial charge in [0.25, 0.3) is 5.91 Å². The number of hydrogen-bond acceptors (Lipinski definition) is 3. The van der Waals surface area contributed by atoms with Crippen LogP contribution in [0.15, 0.2) is 6.07 Å². The summed E-state index contributed by atoms with van der Waals surface area (Å²) in [6.07, 6.45) is 0. The Labute approximate surface area is 76.3 Å². The van der Waals surface area contributed by atoms with Crippen molar-refractivity contribution in [2.24, 2.45) is 7.05 Å². The zero-order valence-corrected chi connectivity index (χ0v) is 7.68. The van der Waals surface area contributed by atoms with Crippen molar-refractivity contribution in [3.63, 3.8) is 0 Å². The summed E-state index contributed by atoms with van der Waals surface area (Å²) in [6, 6.07) is 1.53. The third-order valence-electron chi connectivity index (χ3n) is 1.36. The van der Waals surface area contributed by atoms with Crippen molar-refractivity contribution in [1.29, 1.82) is 0 Å². The Morgan fingerprint density at radius 2 is 2.33 bits per heavy atom. The Morgan fingerprint density at radius 3 is 2.67 bits per heavy atom. The Hall–Kier alpha value is -1.23. The van der Waals surface area contributed by atoms with E-state index in [2.05, 4.69) is 10.4 Å². The lowest BCUT2D eigenvalue weighted by atomic mass is 10.4. The number of hydrogen-bond donors (Lipinski definition) is 2. The van der Waals surface area contributed by atoms with E-state index in [1.165, 1.54) is 10.7 Å². The molecule has 0 saturated carbocycles. The maximum atomic E-state index is 11.0. The van der Waals surface area contributed by atoms with Gasteiger partial charge in [0.2, 0.25) is 0 Å². The minimum Gasteiger partial charge on any atom is -0.382 e. The molecule has 0 atom stereocenters. The molecule has 0 radical (unpaired) electrons. The Morgan fingerprint density at radius 1 is 1.75 bits per heavy atom. The fourth-order valence-electron chi connectivity index (χ4n) is 0.830. The normalized spacial score (nSPS) is 8.83. The molecule has 0 unspecified atom stereocenters. The molecule has 0 aliphatic carbocycles. The van der Waals surface area contributed by atoms with Crippen LogP contribution in [0, 0.1) is 0 Å². The lowest BCUT2D eigenvalue weighted by Gasteiger charge is -1.97. The first-order valence-corrected chi connectivity index (χ1v) is 3.16. The number of nitrogens with one attached hydrogen (secondary N) is 1. The molecular weight excluding hydrogens is 180 g/mol. The number of aryl methyl sites for hydroxylation is 1. The average Bonchev–Trinajstić information content (AvgIpc) is 2.28. The van der Waals surface area contributed by atoms with E-state index in [-0.39, 0.29) is 18.3 Å². The van der Waals surface area contributed by atoms with Crippen LogP contribution in [0.5, 0.6) is 0 Å². The zero-order valence-electron chi connectivity index (χ0n) is 6.87. The van der Waals surface area contributed by atoms with Gasteiger partial charge in [0.15, 0.2) is 0 Å². The Balaban J connectivity index is 0.00000121. The van der Waals surface area contributed by atoms with Crippen LogP contribution >= 0.6 is 12.4 Å². The monoisotopic (exact) mass is 190 g/mol. The summed E-state index contributed by atoms with van der Waals surface area (Å²) in [5.74, 6) is 0.169. The number of anilines is 1. The predicted molar refractivity (Wildman–Crippen MR) is 48.3 cm³/mol. The first kappa shape index (κ1) is 10.8. The van der Waals surface area contributed by atoms with Crippen molar-refractivity contribution < 1.29 is 4.79 Å². The molecule has 6 heteroatoms. The maximum absolute atomic E-state index is 11.0. The van der Waals surface area contributed by atoms with Crippen LogP contribution in [0.1, 0.15) is 10.5 Å². The number of nitrogens with two attached hydrogens (primary N) is 1. The molecule has 0 saturated heterocycles. The van der Waals surface area contributed by atoms with Gasteiger partial charge in [-0.05, 0) is 0 Å². The van der Waals surface area contributed by atoms with Crippen molar-refractivity contribution in [3.05, 3.63) is 11.8 Å². The highest BCUT2D eigenvalue weighted by atomic mass is 35.5. The Kier molecular flexibility index (Phi) is 3.56. The molecule has 0 aliphatic heterocycles. The highest BCUT2D eigenvalue weighted by Gasteiger charge is 2.08. The number of halogens is 1. The van der Waals surface area contributed by atoms with E-state index in [0.717, 1.165) is 0 Å². The summed E-state index contributed by atoms with van der Waals surface area (Å²) in [4.78, 5) is 11.0. The molecule has 12 heavy (non-hydrogen) atoms. The lowest BCUT2D eigenvalue weighted by Crippen LogP contribution is -2.20. The van der Waals surface area contributed by atoms with Gasteiger partial charge in [-0.15, -0.1) is 12.4 Å². The third-order valence-corrected chi connectivity index (χ3v) is 1.36. The van der Waals surface area contributed by atoms with Gasteiger partial charge in [-0.1, -0.05) is 0 Å². The summed E-state index contributed by atoms with van der Waals surface area (Å²) in [7, 11) is 3.23. The van der Waals surface area contributed by atoms with E-state index >= 15 is 0 Å². The van der Waals surface area contributed by atoms with Crippen LogP contribution in [0.2, 0.25) is 0 Å². The first-order chi connectivity index (χ1) is 5.15. The SMILES string of the molecule is CNC(=O)c1cc(N)nn1C.Cl. The second-order valence-electron chi connectivity index (χ2n) is 2.16. The number of carbonyl (C=O) groups excluding carboxylic acids is 1. The van der Waals surface area contributed by atoms with Gasteiger partial charge in [-0.3, -0.25) is 9.48 Å². The highest BCUT2D eigenvalue weighted by molar-refractivity contribution is 5.92. The predicted octanol–water partition coefficient (Wildman–Crippen LogP) is -0.216. The number of carbonyl (C=O) groups is 1. The highest BCUT2D eigenvalue weighted by Crippen LogP contribution is 2.02. The van der Waals surface area contributed by atoms with Crippen molar-refractivity contribution in [2.45, 2.75) is 0 Å². The van der Waals surface area contributed by atoms with E-state index in [9.17, 15) is 4.79 Å². The Bertz CT molecular complexity index is 283. The fraction of sp³-hybridized carbons (Fsp3) is 0.333. The molecule has 1 rings (SSSR count). The second kappa shape index (κ2) is 3.96. The fourth-order valence-corrected chi connectivity index (χ4v) is 0.830. The molecule has 0 aliphatic rings. The summed E-state index contributed by atoms with van der Waals surface area (Å²) in [5, 5.41) is 6.29. The third kappa shape index (κ3) is 1.88. The first-order valence-electron chi connectivity index (χ1n) is 3.16. The van der Waals surface area contributed by atoms with Crippen LogP contribution in [0.25, 0.3) is 0 Å². The van der Waals surface area contributed by atoms with E-state index in [1.54, 1.807) is 14.1 Å². The number of amides is 1. The minimum atomic E-state index is -0.184. The summed E-state index contributed by atoms with van der Waals surface area (Å²) in [5.41, 5.74) is 5.82. The van der Waals surface area contributed by atoms with E-state index in [0.29, 0.717) is 11.5 Å². The summed E-state index contributed by atoms with van der Waals surface area (Å²) >= 11 is 0. The van der Waals surface area contributed by atoms with Gasteiger partial charge in [-0.25, -0.2) is 0 Å². The van der Waals surface area contributed by atoms with E-state index < -0.39 is 0 Å². The summed E-state index contributed by atoms with van der Waals surface area (Å²) in [6.45, 7) is 0. The molecule has 1 aromatic rings. The second-order valence-corrected chi connectivity index (χ2v) is 2.16. The number of nitrogens with zero attached hydrogens (tertiary/aromatic N) is 2. The maximum Gasteiger partial charge on any atom is 0.269 e. The standard InChI is InChI=1S/C6H10N4O.ClH/c1-8-6(11)4-3-5(7)9-10(4)2;/h3H,1-2H3,(H2,7,9)(H,8,11);1H. The molecule has 0 aromatic carbocycles. The molecule has 1 amide bonds. The van der Waals surface area contributed by atoms with Crippen molar-refractivity contribution >= 4 is 24.1 Å². The molecule has 1 heterocycles. The van der Waals surface area contributed by atoms with Gasteiger partial charge in [-0.2, -0.15) is 5.10 Å². The average molecular weight is 191 g/mol. The topological polar surface area (TPSA) is 72.9 Å². The van der Waals surface area contributed by atoms with Gasteiger partial charge >= 0.3 is 0 Å². The van der Waals surface area contributed by atoms with Crippen LogP contribution in [0.3, 0.4) is 0 Å². The smallest absolute Gasteiger partial charge is 0.269 e. The van der Waals surface area contributed by atoms with Crippen molar-refractivity contribution in [3.8, 4) is 0 Å². The molecule has 0 fully saturated rings. The lowest BCUT2D eigenvalue weighted by molar-refractivity contribution is 0.0954. The molecule has 3 N–H and O–H groups in total. The van der Waals surface area contributed by atoms with Crippen LogP contribution < -0.4 is 11.1 Å². The van der Waals surface area contributed by atoms with Gasteiger partial charge in [0, 0.05) is 20.2 Å². The van der Waals surface area contributed by atoms with Crippen LogP contribution in [-0.4, -0.2) is 22.7 Å². The van der Waals surface area contributed by atoms with Crippen LogP contribution in [0.4, 0.5) is 5.82 Å². The van der Waals surface area contributed by atoms with E-state index in [4.69, 9.17) is 5.73 Å².